The number of hydrogen-bond donors (Lipinski definition) is 0. The van der Waals surface area contributed by atoms with Crippen LogP contribution in [0.1, 0.15) is 124 Å². The Kier molecular flexibility index (Phi) is 27.1. The highest BCUT2D eigenvalue weighted by molar-refractivity contribution is 5.89. The minimum atomic E-state index is 0.652. The smallest absolute Gasteiger partial charge is 0.119 e. The normalized spacial score (nSPS) is 11.4. The van der Waals surface area contributed by atoms with Crippen molar-refractivity contribution in [2.24, 2.45) is 0 Å². The van der Waals surface area contributed by atoms with Gasteiger partial charge in [0, 0.05) is 51.2 Å². The molecule has 0 amide bonds. The van der Waals surface area contributed by atoms with Gasteiger partial charge in [0.1, 0.15) is 11.5 Å². The van der Waals surface area contributed by atoms with E-state index in [1.165, 1.54) is 128 Å². The van der Waals surface area contributed by atoms with E-state index >= 15 is 0 Å². The second-order valence-electron chi connectivity index (χ2n) is 33.3. The lowest BCUT2D eigenvalue weighted by Gasteiger charge is -2.29. The maximum Gasteiger partial charge on any atom is 0.119 e. The van der Waals surface area contributed by atoms with Gasteiger partial charge in [0.15, 0.2) is 0 Å². The largest absolute Gasteiger partial charge is 0.497 e. The molecule has 0 atom stereocenters. The first kappa shape index (κ1) is 86.2. The lowest BCUT2D eigenvalue weighted by atomic mass is 10.00. The molecule has 0 aromatic heterocycles. The minimum absolute atomic E-state index is 0.652. The lowest BCUT2D eigenvalue weighted by Crippen LogP contribution is -2.13. The van der Waals surface area contributed by atoms with E-state index < -0.39 is 0 Å². The molecule has 0 radical (unpaired) electrons. The van der Waals surface area contributed by atoms with Crippen LogP contribution in [0.15, 0.2) is 346 Å². The standard InChI is InChI=1S/C61H58N2O.C59H54N2O/c1-9-64-59-15-11-14-52(41-59)19-17-50-22-30-56(31-23-50)63(61-47(7)38-44(4)39-48(61)8)58-34-26-54(27-35-58)53-24-32-57(33-25-53)62(60-45(5)36-43(3)37-46(60)6)55-28-20-49(21-29-55)16-18-51-13-10-12-42(2)40-51;1-41-12-37-58(44(4)38-41)60(53-27-16-47(17-28-53)13-14-48-20-35-57(62-7)36-21-48)54-31-23-51(24-32-54)52-25-33-56(34-26-52)61(59-45(5)39-42(2)40-46(59)6)55-29-18-49(19-30-55)15-22-50-11-9-8-10-43(50)3/h10-41H,9H2,1-8H3;8-40H,1-7H3/b18-16+,19-17+;14-13+,22-15+. The molecule has 126 heavy (non-hydrogen) atoms. The Morgan fingerprint density at radius 2 is 0.508 bits per heavy atom. The van der Waals surface area contributed by atoms with Crippen LogP contribution in [-0.4, -0.2) is 13.7 Å². The second kappa shape index (κ2) is 39.6. The number of methoxy groups -OCH3 is 1. The topological polar surface area (TPSA) is 31.4 Å². The van der Waals surface area contributed by atoms with Crippen LogP contribution >= 0.6 is 0 Å². The van der Waals surface area contributed by atoms with Crippen LogP contribution in [0.3, 0.4) is 0 Å². The number of nitrogens with zero attached hydrogens (tertiary/aromatic N) is 4. The van der Waals surface area contributed by atoms with Crippen LogP contribution in [0.2, 0.25) is 0 Å². The minimum Gasteiger partial charge on any atom is -0.497 e. The van der Waals surface area contributed by atoms with E-state index in [1.807, 2.05) is 31.2 Å². The molecule has 0 N–H and O–H groups in total. The van der Waals surface area contributed by atoms with Crippen molar-refractivity contribution in [3.8, 4) is 33.8 Å². The van der Waals surface area contributed by atoms with Gasteiger partial charge in [0.25, 0.3) is 0 Å². The molecular weight excluding hydrogens is 1530 g/mol. The van der Waals surface area contributed by atoms with Crippen molar-refractivity contribution in [3.63, 3.8) is 0 Å². The molecule has 0 aliphatic rings. The van der Waals surface area contributed by atoms with Crippen molar-refractivity contribution in [2.45, 2.75) is 96.9 Å². The monoisotopic (exact) mass is 1640 g/mol. The number of anilines is 12. The summed E-state index contributed by atoms with van der Waals surface area (Å²) in [6, 6.07) is 125. The fourth-order valence-corrected chi connectivity index (χ4v) is 17.3. The van der Waals surface area contributed by atoms with Gasteiger partial charge in [-0.05, 0) is 336 Å². The third kappa shape index (κ3) is 20.8. The first-order valence-electron chi connectivity index (χ1n) is 43.7. The molecule has 16 aromatic rings. The summed E-state index contributed by atoms with van der Waals surface area (Å²) in [5.74, 6) is 1.74. The van der Waals surface area contributed by atoms with E-state index in [4.69, 9.17) is 9.47 Å². The van der Waals surface area contributed by atoms with Gasteiger partial charge < -0.3 is 29.1 Å². The van der Waals surface area contributed by atoms with E-state index in [0.717, 1.165) is 90.5 Å². The summed E-state index contributed by atoms with van der Waals surface area (Å²) in [6.07, 6.45) is 17.3. The van der Waals surface area contributed by atoms with Gasteiger partial charge in [-0.15, -0.1) is 0 Å². The number of hydrogen-bond acceptors (Lipinski definition) is 6. The van der Waals surface area contributed by atoms with Gasteiger partial charge in [0.05, 0.1) is 30.8 Å². The Balaban J connectivity index is 0.000000195. The van der Waals surface area contributed by atoms with Gasteiger partial charge in [-0.1, -0.05) is 295 Å². The average molecular weight is 1640 g/mol. The number of ether oxygens (including phenoxy) is 2. The van der Waals surface area contributed by atoms with Crippen molar-refractivity contribution < 1.29 is 9.47 Å². The highest BCUT2D eigenvalue weighted by Gasteiger charge is 2.23. The number of rotatable bonds is 25. The molecule has 0 aliphatic heterocycles. The maximum atomic E-state index is 5.72. The van der Waals surface area contributed by atoms with Crippen LogP contribution in [0, 0.1) is 90.0 Å². The van der Waals surface area contributed by atoms with E-state index in [2.05, 4.69) is 480 Å². The summed E-state index contributed by atoms with van der Waals surface area (Å²) >= 11 is 0. The summed E-state index contributed by atoms with van der Waals surface area (Å²) in [4.78, 5) is 9.54. The van der Waals surface area contributed by atoms with Crippen LogP contribution in [0.5, 0.6) is 11.5 Å². The molecule has 6 heteroatoms. The summed E-state index contributed by atoms with van der Waals surface area (Å²) in [7, 11) is 1.69. The summed E-state index contributed by atoms with van der Waals surface area (Å²) < 4.78 is 11.0. The summed E-state index contributed by atoms with van der Waals surface area (Å²) in [6.45, 7) is 31.1. The van der Waals surface area contributed by atoms with Crippen molar-refractivity contribution in [1.82, 2.24) is 0 Å². The van der Waals surface area contributed by atoms with E-state index in [0.29, 0.717) is 6.61 Å². The Bertz CT molecular complexity index is 6520. The molecule has 0 bridgehead atoms. The molecule has 0 heterocycles. The van der Waals surface area contributed by atoms with Gasteiger partial charge in [0.2, 0.25) is 0 Å². The van der Waals surface area contributed by atoms with Crippen LogP contribution in [0.25, 0.3) is 70.9 Å². The summed E-state index contributed by atoms with van der Waals surface area (Å²) in [5, 5.41) is 0. The zero-order valence-corrected chi connectivity index (χ0v) is 75.3. The van der Waals surface area contributed by atoms with Gasteiger partial charge in [-0.25, -0.2) is 0 Å². The Morgan fingerprint density at radius 3 is 0.841 bits per heavy atom. The van der Waals surface area contributed by atoms with Crippen molar-refractivity contribution in [3.05, 3.63) is 463 Å². The SMILES string of the molecule is CCOc1cccc(/C=C/c2ccc(N(c3ccc(-c4ccc(N(c5ccc(/C=C/c6cccc(C)c6)cc5)c5c(C)cc(C)cc5C)cc4)cc3)c3c(C)cc(C)cc3C)cc2)c1.COc1ccc(/C=C/c2ccc(N(c3ccc(-c4ccc(N(c5ccc(/C=C/c6ccccc6C)cc5)c5c(C)cc(C)cc5C)cc4)cc3)c3ccc(C)cc3C)cc2)cc1. The maximum absolute atomic E-state index is 5.72. The quantitative estimate of drug-likeness (QED) is 0.0530. The van der Waals surface area contributed by atoms with E-state index in [-0.39, 0.29) is 0 Å². The Labute approximate surface area is 748 Å². The fourth-order valence-electron chi connectivity index (χ4n) is 17.3. The predicted octanol–water partition coefficient (Wildman–Crippen LogP) is 33.7. The molecule has 0 saturated heterocycles. The van der Waals surface area contributed by atoms with Crippen molar-refractivity contribution in [2.75, 3.05) is 33.3 Å². The number of benzene rings is 16. The first-order valence-corrected chi connectivity index (χ1v) is 43.7. The van der Waals surface area contributed by atoms with E-state index in [9.17, 15) is 0 Å². The fraction of sp³-hybridized carbons (Fsp3) is 0.133. The zero-order chi connectivity index (χ0) is 87.9. The Morgan fingerprint density at radius 1 is 0.214 bits per heavy atom. The molecular formula is C120H112N4O2. The highest BCUT2D eigenvalue weighted by Crippen LogP contribution is 2.46. The Hall–Kier alpha value is -14.7. The third-order valence-electron chi connectivity index (χ3n) is 23.3. The van der Waals surface area contributed by atoms with Gasteiger partial charge in [-0.2, -0.15) is 0 Å². The molecule has 0 aliphatic carbocycles. The molecule has 0 saturated carbocycles. The van der Waals surface area contributed by atoms with Crippen molar-refractivity contribution >= 4 is 117 Å². The van der Waals surface area contributed by atoms with E-state index in [1.54, 1.807) is 7.11 Å². The first-order chi connectivity index (χ1) is 61.1. The van der Waals surface area contributed by atoms with Crippen LogP contribution < -0.4 is 29.1 Å². The highest BCUT2D eigenvalue weighted by atomic mass is 16.5. The molecule has 0 spiro atoms. The predicted molar refractivity (Wildman–Crippen MR) is 543 cm³/mol. The molecule has 6 nitrogen and oxygen atoms in total. The second-order valence-corrected chi connectivity index (χ2v) is 33.3. The molecule has 16 aromatic carbocycles. The zero-order valence-electron chi connectivity index (χ0n) is 75.3. The average Bonchev–Trinajstić information content (AvgIpc) is 0.731. The number of aryl methyl sites for hydroxylation is 13. The van der Waals surface area contributed by atoms with Gasteiger partial charge in [-0.3, -0.25) is 0 Å². The van der Waals surface area contributed by atoms with Crippen LogP contribution in [-0.2, 0) is 0 Å². The lowest BCUT2D eigenvalue weighted by molar-refractivity contribution is 0.340. The molecule has 0 unspecified atom stereocenters. The third-order valence-corrected chi connectivity index (χ3v) is 23.3. The molecule has 624 valence electrons. The van der Waals surface area contributed by atoms with Gasteiger partial charge >= 0.3 is 0 Å². The summed E-state index contributed by atoms with van der Waals surface area (Å²) in [5.41, 5.74) is 43.9. The van der Waals surface area contributed by atoms with Crippen LogP contribution in [0.4, 0.5) is 68.2 Å². The van der Waals surface area contributed by atoms with Crippen molar-refractivity contribution in [1.29, 1.82) is 0 Å². The molecule has 16 rings (SSSR count). The molecule has 0 fully saturated rings.